The molecule has 0 atom stereocenters. The Bertz CT molecular complexity index is 504. The molecule has 0 bridgehead atoms. The topological polar surface area (TPSA) is 83.0 Å². The van der Waals surface area contributed by atoms with Crippen molar-refractivity contribution in [1.82, 2.24) is 14.8 Å². The Morgan fingerprint density at radius 3 is 2.88 bits per heavy atom. The Hall–Kier alpha value is -2.37. The molecule has 2 aromatic heterocycles. The highest BCUT2D eigenvalue weighted by Crippen LogP contribution is 2.07. The smallest absolute Gasteiger partial charge is 0.358 e. The van der Waals surface area contributed by atoms with Crippen LogP contribution in [0.1, 0.15) is 10.5 Å². The number of nitrogens with two attached hydrogens (primary N) is 1. The molecule has 0 aromatic carbocycles. The monoisotopic (exact) mass is 218 g/mol. The van der Waals surface area contributed by atoms with Crippen molar-refractivity contribution in [3.63, 3.8) is 0 Å². The lowest BCUT2D eigenvalue weighted by Crippen LogP contribution is -2.04. The first-order chi connectivity index (χ1) is 7.70. The van der Waals surface area contributed by atoms with Gasteiger partial charge in [0.1, 0.15) is 0 Å². The van der Waals surface area contributed by atoms with Crippen LogP contribution in [0.4, 0.5) is 5.69 Å². The van der Waals surface area contributed by atoms with Crippen molar-refractivity contribution in [2.45, 2.75) is 0 Å². The fourth-order valence-electron chi connectivity index (χ4n) is 1.20. The van der Waals surface area contributed by atoms with Gasteiger partial charge in [-0.3, -0.25) is 0 Å². The first-order valence-electron chi connectivity index (χ1n) is 4.56. The third kappa shape index (κ3) is 1.85. The lowest BCUT2D eigenvalue weighted by atomic mass is 10.4. The zero-order valence-corrected chi connectivity index (χ0v) is 8.62. The van der Waals surface area contributed by atoms with Crippen molar-refractivity contribution in [2.24, 2.45) is 0 Å². The lowest BCUT2D eigenvalue weighted by molar-refractivity contribution is 0.0593. The maximum Gasteiger partial charge on any atom is 0.358 e. The van der Waals surface area contributed by atoms with Gasteiger partial charge < -0.3 is 10.5 Å². The van der Waals surface area contributed by atoms with Crippen LogP contribution in [0.25, 0.3) is 5.82 Å². The van der Waals surface area contributed by atoms with E-state index in [4.69, 9.17) is 5.73 Å². The summed E-state index contributed by atoms with van der Waals surface area (Å²) >= 11 is 0. The molecule has 0 spiro atoms. The molecule has 2 rings (SSSR count). The first-order valence-corrected chi connectivity index (χ1v) is 4.56. The van der Waals surface area contributed by atoms with Gasteiger partial charge >= 0.3 is 5.97 Å². The number of carbonyl (C=O) groups excluding carboxylic acids is 1. The van der Waals surface area contributed by atoms with Gasteiger partial charge in [-0.05, 0) is 18.2 Å². The average molecular weight is 218 g/mol. The summed E-state index contributed by atoms with van der Waals surface area (Å²) in [5, 5.41) is 4.02. The number of pyridine rings is 1. The molecule has 0 radical (unpaired) electrons. The van der Waals surface area contributed by atoms with Crippen LogP contribution >= 0.6 is 0 Å². The van der Waals surface area contributed by atoms with E-state index < -0.39 is 5.97 Å². The second-order valence-electron chi connectivity index (χ2n) is 3.09. The van der Waals surface area contributed by atoms with E-state index >= 15 is 0 Å². The van der Waals surface area contributed by atoms with Gasteiger partial charge in [0.15, 0.2) is 11.5 Å². The van der Waals surface area contributed by atoms with Gasteiger partial charge in [0.2, 0.25) is 0 Å². The van der Waals surface area contributed by atoms with Crippen LogP contribution in [0.3, 0.4) is 0 Å². The summed E-state index contributed by atoms with van der Waals surface area (Å²) < 4.78 is 6.03. The summed E-state index contributed by atoms with van der Waals surface area (Å²) in [6, 6.07) is 4.98. The van der Waals surface area contributed by atoms with E-state index in [1.54, 1.807) is 24.4 Å². The van der Waals surface area contributed by atoms with Crippen molar-refractivity contribution in [3.8, 4) is 5.82 Å². The summed E-state index contributed by atoms with van der Waals surface area (Å²) in [6.07, 6.45) is 3.15. The van der Waals surface area contributed by atoms with Crippen LogP contribution in [0.2, 0.25) is 0 Å². The second kappa shape index (κ2) is 4.01. The molecule has 0 aliphatic rings. The standard InChI is InChI=1S/C10H10N4O2/c1-16-10(15)8-4-5-14(13-8)9-3-2-7(11)6-12-9/h2-6H,11H2,1H3. The number of esters is 1. The summed E-state index contributed by atoms with van der Waals surface area (Å²) in [5.41, 5.74) is 6.32. The van der Waals surface area contributed by atoms with Gasteiger partial charge in [0, 0.05) is 6.20 Å². The highest BCUT2D eigenvalue weighted by atomic mass is 16.5. The van der Waals surface area contributed by atoms with Crippen LogP contribution in [-0.2, 0) is 4.74 Å². The molecule has 0 fully saturated rings. The van der Waals surface area contributed by atoms with E-state index in [9.17, 15) is 4.79 Å². The minimum absolute atomic E-state index is 0.237. The molecule has 0 saturated carbocycles. The second-order valence-corrected chi connectivity index (χ2v) is 3.09. The largest absolute Gasteiger partial charge is 0.464 e. The number of hydrogen-bond donors (Lipinski definition) is 1. The maximum atomic E-state index is 11.2. The fourth-order valence-corrected chi connectivity index (χ4v) is 1.20. The van der Waals surface area contributed by atoms with Crippen molar-refractivity contribution in [2.75, 3.05) is 12.8 Å². The van der Waals surface area contributed by atoms with Gasteiger partial charge in [-0.25, -0.2) is 14.5 Å². The molecular formula is C10H10N4O2. The number of ether oxygens (including phenoxy) is 1. The van der Waals surface area contributed by atoms with E-state index in [0.717, 1.165) is 0 Å². The molecule has 2 N–H and O–H groups in total. The summed E-state index contributed by atoms with van der Waals surface area (Å²) in [6.45, 7) is 0. The van der Waals surface area contributed by atoms with Crippen molar-refractivity contribution in [1.29, 1.82) is 0 Å². The van der Waals surface area contributed by atoms with Crippen LogP contribution in [0.5, 0.6) is 0 Å². The minimum atomic E-state index is -0.478. The molecule has 0 unspecified atom stereocenters. The average Bonchev–Trinajstić information content (AvgIpc) is 2.78. The summed E-state index contributed by atoms with van der Waals surface area (Å²) in [4.78, 5) is 15.2. The van der Waals surface area contributed by atoms with Crippen molar-refractivity contribution in [3.05, 3.63) is 36.3 Å². The van der Waals surface area contributed by atoms with Crippen LogP contribution in [0, 0.1) is 0 Å². The number of anilines is 1. The zero-order chi connectivity index (χ0) is 11.5. The Labute approximate surface area is 91.7 Å². The highest BCUT2D eigenvalue weighted by molar-refractivity contribution is 5.86. The Morgan fingerprint density at radius 1 is 1.44 bits per heavy atom. The van der Waals surface area contributed by atoms with Gasteiger partial charge in [-0.15, -0.1) is 0 Å². The number of methoxy groups -OCH3 is 1. The van der Waals surface area contributed by atoms with E-state index in [1.165, 1.54) is 18.0 Å². The molecule has 0 aliphatic carbocycles. The van der Waals surface area contributed by atoms with Gasteiger partial charge in [0.25, 0.3) is 0 Å². The first kappa shape index (κ1) is 10.2. The molecule has 0 saturated heterocycles. The van der Waals surface area contributed by atoms with E-state index in [1.807, 2.05) is 0 Å². The zero-order valence-electron chi connectivity index (χ0n) is 8.62. The van der Waals surface area contributed by atoms with Crippen LogP contribution in [-0.4, -0.2) is 27.8 Å². The highest BCUT2D eigenvalue weighted by Gasteiger charge is 2.09. The molecule has 0 amide bonds. The molecule has 82 valence electrons. The predicted molar refractivity (Wildman–Crippen MR) is 57.1 cm³/mol. The number of aromatic nitrogens is 3. The van der Waals surface area contributed by atoms with Crippen molar-refractivity contribution < 1.29 is 9.53 Å². The Balaban J connectivity index is 2.31. The van der Waals surface area contributed by atoms with Gasteiger partial charge in [-0.2, -0.15) is 5.10 Å². The van der Waals surface area contributed by atoms with Crippen LogP contribution < -0.4 is 5.73 Å². The van der Waals surface area contributed by atoms with E-state index in [-0.39, 0.29) is 5.69 Å². The normalized spacial score (nSPS) is 10.1. The molecule has 6 heteroatoms. The van der Waals surface area contributed by atoms with Gasteiger partial charge in [0.05, 0.1) is 19.0 Å². The summed E-state index contributed by atoms with van der Waals surface area (Å²) in [7, 11) is 1.31. The molecule has 2 aromatic rings. The Kier molecular flexibility index (Phi) is 2.55. The summed E-state index contributed by atoms with van der Waals surface area (Å²) in [5.74, 6) is 0.110. The molecule has 0 aliphatic heterocycles. The molecular weight excluding hydrogens is 208 g/mol. The maximum absolute atomic E-state index is 11.2. The predicted octanol–water partition coefficient (Wildman–Crippen LogP) is 0.636. The Morgan fingerprint density at radius 2 is 2.25 bits per heavy atom. The molecule has 6 nitrogen and oxygen atoms in total. The minimum Gasteiger partial charge on any atom is -0.464 e. The van der Waals surface area contributed by atoms with Crippen molar-refractivity contribution >= 4 is 11.7 Å². The third-order valence-corrected chi connectivity index (χ3v) is 1.99. The number of rotatable bonds is 2. The number of nitrogen functional groups attached to an aromatic ring is 1. The lowest BCUT2D eigenvalue weighted by Gasteiger charge is -1.99. The van der Waals surface area contributed by atoms with E-state index in [0.29, 0.717) is 11.5 Å². The SMILES string of the molecule is COC(=O)c1ccn(-c2ccc(N)cn2)n1. The quantitative estimate of drug-likeness (QED) is 0.748. The molecule has 2 heterocycles. The number of nitrogens with zero attached hydrogens (tertiary/aromatic N) is 3. The van der Waals surface area contributed by atoms with Gasteiger partial charge in [-0.1, -0.05) is 0 Å². The van der Waals surface area contributed by atoms with Crippen LogP contribution in [0.15, 0.2) is 30.6 Å². The number of carbonyl (C=O) groups is 1. The third-order valence-electron chi connectivity index (χ3n) is 1.99. The fraction of sp³-hybridized carbons (Fsp3) is 0.100. The number of hydrogen-bond acceptors (Lipinski definition) is 5. The van der Waals surface area contributed by atoms with E-state index in [2.05, 4.69) is 14.8 Å². The molecule has 16 heavy (non-hydrogen) atoms.